The highest BCUT2D eigenvalue weighted by molar-refractivity contribution is 7.93. The minimum Gasteiger partial charge on any atom is -0.382 e. The molecular formula is C10H13NO2S. The molecule has 0 aliphatic heterocycles. The van der Waals surface area contributed by atoms with Gasteiger partial charge in [0.1, 0.15) is 0 Å². The van der Waals surface area contributed by atoms with Gasteiger partial charge in [-0.2, -0.15) is 0 Å². The molecule has 0 aliphatic rings. The fourth-order valence-corrected chi connectivity index (χ4v) is 1.32. The number of carbonyl (C=O) groups excluding carboxylic acids is 1. The van der Waals surface area contributed by atoms with Crippen LogP contribution in [0.2, 0.25) is 0 Å². The molecule has 0 unspecified atom stereocenters. The number of carbonyl (C=O) groups is 1. The van der Waals surface area contributed by atoms with Crippen molar-refractivity contribution in [2.45, 2.75) is 0 Å². The molecule has 0 bridgehead atoms. The smallest absolute Gasteiger partial charge is 0.152 e. The first kappa shape index (κ1) is 11.1. The lowest BCUT2D eigenvalue weighted by molar-refractivity contribution is 0.112. The van der Waals surface area contributed by atoms with E-state index in [2.05, 4.69) is 5.32 Å². The van der Waals surface area contributed by atoms with Gasteiger partial charge >= 0.3 is 0 Å². The van der Waals surface area contributed by atoms with Crippen molar-refractivity contribution in [1.29, 1.82) is 0 Å². The van der Waals surface area contributed by atoms with Crippen LogP contribution >= 0.6 is 12.0 Å². The summed E-state index contributed by atoms with van der Waals surface area (Å²) >= 11 is 1.34. The first-order valence-corrected chi connectivity index (χ1v) is 5.47. The molecule has 0 spiro atoms. The Morgan fingerprint density at radius 1 is 1.50 bits per heavy atom. The Labute approximate surface area is 88.0 Å². The van der Waals surface area contributed by atoms with Gasteiger partial charge in [-0.05, 0) is 24.2 Å². The van der Waals surface area contributed by atoms with E-state index in [1.807, 2.05) is 24.5 Å². The van der Waals surface area contributed by atoms with Crippen LogP contribution in [0.15, 0.2) is 24.3 Å². The number of benzene rings is 1. The van der Waals surface area contributed by atoms with Crippen LogP contribution in [0.25, 0.3) is 0 Å². The maximum Gasteiger partial charge on any atom is 0.152 e. The quantitative estimate of drug-likeness (QED) is 0.445. The zero-order valence-electron chi connectivity index (χ0n) is 8.03. The second kappa shape index (κ2) is 6.45. The van der Waals surface area contributed by atoms with Gasteiger partial charge < -0.3 is 9.50 Å². The van der Waals surface area contributed by atoms with Gasteiger partial charge in [-0.1, -0.05) is 12.1 Å². The van der Waals surface area contributed by atoms with Crippen LogP contribution in [-0.2, 0) is 4.18 Å². The molecule has 0 saturated carbocycles. The van der Waals surface area contributed by atoms with Gasteiger partial charge in [-0.15, -0.1) is 0 Å². The molecule has 0 fully saturated rings. The molecule has 14 heavy (non-hydrogen) atoms. The van der Waals surface area contributed by atoms with Crippen LogP contribution in [0.1, 0.15) is 10.4 Å². The second-order valence-corrected chi connectivity index (χ2v) is 3.19. The topological polar surface area (TPSA) is 38.3 Å². The third-order valence-corrected chi connectivity index (χ3v) is 2.11. The zero-order chi connectivity index (χ0) is 10.2. The van der Waals surface area contributed by atoms with Crippen molar-refractivity contribution in [1.82, 2.24) is 0 Å². The summed E-state index contributed by atoms with van der Waals surface area (Å²) < 4.78 is 5.09. The molecule has 0 radical (unpaired) electrons. The van der Waals surface area contributed by atoms with Crippen molar-refractivity contribution in [3.8, 4) is 0 Å². The van der Waals surface area contributed by atoms with E-state index in [1.54, 1.807) is 6.07 Å². The fraction of sp³-hybridized carbons (Fsp3) is 0.300. The van der Waals surface area contributed by atoms with Crippen molar-refractivity contribution < 1.29 is 8.98 Å². The minimum absolute atomic E-state index is 0.619. The van der Waals surface area contributed by atoms with Gasteiger partial charge in [0.2, 0.25) is 0 Å². The van der Waals surface area contributed by atoms with Crippen molar-refractivity contribution in [2.24, 2.45) is 0 Å². The first-order chi connectivity index (χ1) is 6.88. The highest BCUT2D eigenvalue weighted by Crippen LogP contribution is 2.11. The van der Waals surface area contributed by atoms with Crippen LogP contribution in [0.3, 0.4) is 0 Å². The molecule has 4 heteroatoms. The molecule has 1 rings (SSSR count). The van der Waals surface area contributed by atoms with Crippen LogP contribution in [0.4, 0.5) is 5.69 Å². The number of anilines is 1. The number of nitrogens with one attached hydrogen (secondary N) is 1. The molecule has 0 heterocycles. The SMILES string of the molecule is CSOCCNc1ccccc1C=O. The monoisotopic (exact) mass is 211 g/mol. The van der Waals surface area contributed by atoms with Gasteiger partial charge in [-0.25, -0.2) is 0 Å². The Kier molecular flexibility index (Phi) is 5.11. The van der Waals surface area contributed by atoms with Gasteiger partial charge in [0, 0.05) is 24.1 Å². The van der Waals surface area contributed by atoms with Gasteiger partial charge in [-0.3, -0.25) is 4.79 Å². The van der Waals surface area contributed by atoms with E-state index < -0.39 is 0 Å². The standard InChI is InChI=1S/C10H13NO2S/c1-14-13-7-6-11-10-5-3-2-4-9(10)8-12/h2-5,8,11H,6-7H2,1H3. The van der Waals surface area contributed by atoms with E-state index in [1.165, 1.54) is 12.0 Å². The maximum atomic E-state index is 10.6. The average molecular weight is 211 g/mol. The Morgan fingerprint density at radius 2 is 2.29 bits per heavy atom. The highest BCUT2D eigenvalue weighted by Gasteiger charge is 1.98. The Hall–Kier alpha value is -1.00. The molecule has 1 aromatic rings. The third kappa shape index (κ3) is 3.40. The van der Waals surface area contributed by atoms with Crippen molar-refractivity contribution >= 4 is 24.0 Å². The van der Waals surface area contributed by atoms with Gasteiger partial charge in [0.05, 0.1) is 6.61 Å². The molecule has 0 atom stereocenters. The third-order valence-electron chi connectivity index (χ3n) is 1.71. The number of hydrogen-bond acceptors (Lipinski definition) is 4. The van der Waals surface area contributed by atoms with E-state index in [0.717, 1.165) is 12.0 Å². The molecule has 1 N–H and O–H groups in total. The predicted octanol–water partition coefficient (Wildman–Crippen LogP) is 2.21. The van der Waals surface area contributed by atoms with Crippen LogP contribution in [0.5, 0.6) is 0 Å². The maximum absolute atomic E-state index is 10.6. The number of hydrogen-bond donors (Lipinski definition) is 1. The van der Waals surface area contributed by atoms with Crippen LogP contribution < -0.4 is 5.32 Å². The summed E-state index contributed by atoms with van der Waals surface area (Å²) in [4.78, 5) is 10.6. The average Bonchev–Trinajstić information content (AvgIpc) is 2.25. The number of para-hydroxylation sites is 1. The summed E-state index contributed by atoms with van der Waals surface area (Å²) in [5.41, 5.74) is 1.53. The molecule has 0 amide bonds. The predicted molar refractivity (Wildman–Crippen MR) is 59.8 cm³/mol. The van der Waals surface area contributed by atoms with E-state index in [9.17, 15) is 4.79 Å². The van der Waals surface area contributed by atoms with Crippen molar-refractivity contribution in [3.05, 3.63) is 29.8 Å². The van der Waals surface area contributed by atoms with Crippen molar-refractivity contribution in [2.75, 3.05) is 24.7 Å². The summed E-state index contributed by atoms with van der Waals surface area (Å²) in [5.74, 6) is 0. The molecular weight excluding hydrogens is 198 g/mol. The van der Waals surface area contributed by atoms with Crippen molar-refractivity contribution in [3.63, 3.8) is 0 Å². The number of aldehydes is 1. The summed E-state index contributed by atoms with van der Waals surface area (Å²) in [6, 6.07) is 7.39. The zero-order valence-corrected chi connectivity index (χ0v) is 8.84. The van der Waals surface area contributed by atoms with Gasteiger partial charge in [0.15, 0.2) is 6.29 Å². The molecule has 0 saturated heterocycles. The lowest BCUT2D eigenvalue weighted by Gasteiger charge is -2.07. The normalized spacial score (nSPS) is 9.79. The highest BCUT2D eigenvalue weighted by atomic mass is 32.2. The Balaban J connectivity index is 2.45. The van der Waals surface area contributed by atoms with E-state index in [-0.39, 0.29) is 0 Å². The Bertz CT molecular complexity index is 291. The summed E-state index contributed by atoms with van der Waals surface area (Å²) in [5, 5.41) is 3.13. The molecule has 76 valence electrons. The number of rotatable bonds is 6. The lowest BCUT2D eigenvalue weighted by atomic mass is 10.2. The largest absolute Gasteiger partial charge is 0.382 e. The van der Waals surface area contributed by atoms with E-state index in [4.69, 9.17) is 4.18 Å². The van der Waals surface area contributed by atoms with Crippen LogP contribution in [-0.4, -0.2) is 25.7 Å². The molecule has 1 aromatic carbocycles. The first-order valence-electron chi connectivity index (χ1n) is 4.32. The van der Waals surface area contributed by atoms with Gasteiger partial charge in [0.25, 0.3) is 0 Å². The summed E-state index contributed by atoms with van der Waals surface area (Å²) in [6.07, 6.45) is 2.72. The minimum atomic E-state index is 0.619. The lowest BCUT2D eigenvalue weighted by Crippen LogP contribution is -2.08. The van der Waals surface area contributed by atoms with Crippen LogP contribution in [0, 0.1) is 0 Å². The second-order valence-electron chi connectivity index (χ2n) is 2.62. The van der Waals surface area contributed by atoms with E-state index in [0.29, 0.717) is 18.7 Å². The summed E-state index contributed by atoms with van der Waals surface area (Å²) in [6.45, 7) is 1.32. The molecule has 0 aliphatic carbocycles. The molecule has 0 aromatic heterocycles. The molecule has 3 nitrogen and oxygen atoms in total. The Morgan fingerprint density at radius 3 is 3.00 bits per heavy atom. The fourth-order valence-electron chi connectivity index (χ4n) is 1.07. The summed E-state index contributed by atoms with van der Waals surface area (Å²) in [7, 11) is 0. The van der Waals surface area contributed by atoms with E-state index >= 15 is 0 Å².